The third kappa shape index (κ3) is 3.93. The first-order valence-electron chi connectivity index (χ1n) is 7.67. The highest BCUT2D eigenvalue weighted by atomic mass is 19.1. The van der Waals surface area contributed by atoms with Gasteiger partial charge in [-0.05, 0) is 37.1 Å². The molecule has 1 amide bonds. The number of amides is 1. The first kappa shape index (κ1) is 15.6. The molecule has 3 nitrogen and oxygen atoms in total. The van der Waals surface area contributed by atoms with E-state index < -0.39 is 11.6 Å². The summed E-state index contributed by atoms with van der Waals surface area (Å²) in [6.45, 7) is 1.04. The number of hydrogen-bond donors (Lipinski definition) is 1. The summed E-state index contributed by atoms with van der Waals surface area (Å²) in [6.07, 6.45) is 2.04. The summed E-state index contributed by atoms with van der Waals surface area (Å²) in [5, 5.41) is 2.56. The Bertz CT molecular complexity index is 670. The topological polar surface area (TPSA) is 32.3 Å². The van der Waals surface area contributed by atoms with Crippen LogP contribution in [-0.2, 0) is 4.79 Å². The van der Waals surface area contributed by atoms with Crippen molar-refractivity contribution in [1.82, 2.24) is 4.90 Å². The first-order valence-corrected chi connectivity index (χ1v) is 7.67. The molecule has 3 rings (SSSR count). The van der Waals surface area contributed by atoms with E-state index in [2.05, 4.69) is 22.3 Å². The first-order chi connectivity index (χ1) is 11.1. The predicted octanol–water partition coefficient (Wildman–Crippen LogP) is 3.74. The van der Waals surface area contributed by atoms with Crippen LogP contribution in [0.3, 0.4) is 0 Å². The standard InChI is InChI=1S/C18H18F2N2O/c19-14-9-15(20)11-16(10-14)21-18(23)12-22-8-4-7-17(22)13-5-2-1-3-6-13/h1-3,5-6,9-11,17H,4,7-8,12H2,(H,21,23). The second kappa shape index (κ2) is 6.87. The van der Waals surface area contributed by atoms with Gasteiger partial charge in [-0.1, -0.05) is 30.3 Å². The largest absolute Gasteiger partial charge is 0.325 e. The Balaban J connectivity index is 1.65. The molecule has 1 unspecified atom stereocenters. The summed E-state index contributed by atoms with van der Waals surface area (Å²) >= 11 is 0. The molecule has 5 heteroatoms. The van der Waals surface area contributed by atoms with E-state index in [1.165, 1.54) is 5.56 Å². The number of benzene rings is 2. The van der Waals surface area contributed by atoms with E-state index in [4.69, 9.17) is 0 Å². The zero-order valence-electron chi connectivity index (χ0n) is 12.6. The lowest BCUT2D eigenvalue weighted by Gasteiger charge is -2.24. The SMILES string of the molecule is O=C(CN1CCCC1c1ccccc1)Nc1cc(F)cc(F)c1. The molecule has 0 saturated carbocycles. The van der Waals surface area contributed by atoms with Gasteiger partial charge in [0.25, 0.3) is 0 Å². The molecule has 1 heterocycles. The molecule has 1 atom stereocenters. The van der Waals surface area contributed by atoms with Gasteiger partial charge in [-0.15, -0.1) is 0 Å². The molecule has 1 aliphatic heterocycles. The van der Waals surface area contributed by atoms with Crippen molar-refractivity contribution < 1.29 is 13.6 Å². The maximum Gasteiger partial charge on any atom is 0.238 e. The number of carbonyl (C=O) groups excluding carboxylic acids is 1. The van der Waals surface area contributed by atoms with E-state index in [9.17, 15) is 13.6 Å². The van der Waals surface area contributed by atoms with E-state index in [1.54, 1.807) is 0 Å². The third-order valence-corrected chi connectivity index (χ3v) is 4.04. The normalized spacial score (nSPS) is 18.1. The average Bonchev–Trinajstić information content (AvgIpc) is 2.95. The van der Waals surface area contributed by atoms with Gasteiger partial charge in [-0.2, -0.15) is 0 Å². The Morgan fingerprint density at radius 1 is 1.13 bits per heavy atom. The summed E-state index contributed by atoms with van der Waals surface area (Å²) in [6, 6.07) is 13.3. The van der Waals surface area contributed by atoms with Crippen molar-refractivity contribution in [2.75, 3.05) is 18.4 Å². The highest BCUT2D eigenvalue weighted by Gasteiger charge is 2.27. The number of carbonyl (C=O) groups is 1. The van der Waals surface area contributed by atoms with Crippen molar-refractivity contribution >= 4 is 11.6 Å². The molecule has 1 fully saturated rings. The zero-order valence-corrected chi connectivity index (χ0v) is 12.6. The molecule has 1 saturated heterocycles. The molecule has 0 aromatic heterocycles. The molecule has 1 N–H and O–H groups in total. The molecule has 0 spiro atoms. The van der Waals surface area contributed by atoms with Gasteiger partial charge in [0.2, 0.25) is 5.91 Å². The van der Waals surface area contributed by atoms with Gasteiger partial charge in [-0.3, -0.25) is 9.69 Å². The molecule has 2 aromatic carbocycles. The second-order valence-electron chi connectivity index (χ2n) is 5.75. The maximum absolute atomic E-state index is 13.2. The molecule has 1 aliphatic rings. The smallest absolute Gasteiger partial charge is 0.238 e. The number of anilines is 1. The molecule has 0 bridgehead atoms. The molecule has 120 valence electrons. The molecule has 2 aromatic rings. The van der Waals surface area contributed by atoms with Crippen LogP contribution < -0.4 is 5.32 Å². The summed E-state index contributed by atoms with van der Waals surface area (Å²) < 4.78 is 26.3. The number of halogens is 2. The van der Waals surface area contributed by atoms with Crippen LogP contribution in [0.1, 0.15) is 24.4 Å². The van der Waals surface area contributed by atoms with Gasteiger partial charge in [-0.25, -0.2) is 8.78 Å². The van der Waals surface area contributed by atoms with Gasteiger partial charge in [0.1, 0.15) is 11.6 Å². The third-order valence-electron chi connectivity index (χ3n) is 4.04. The Morgan fingerprint density at radius 3 is 2.52 bits per heavy atom. The second-order valence-corrected chi connectivity index (χ2v) is 5.75. The van der Waals surface area contributed by atoms with E-state index in [-0.39, 0.29) is 24.2 Å². The number of nitrogens with zero attached hydrogens (tertiary/aromatic N) is 1. The minimum absolute atomic E-state index is 0.142. The molecule has 0 aliphatic carbocycles. The average molecular weight is 316 g/mol. The number of nitrogens with one attached hydrogen (secondary N) is 1. The van der Waals surface area contributed by atoms with Crippen LogP contribution in [-0.4, -0.2) is 23.9 Å². The lowest BCUT2D eigenvalue weighted by atomic mass is 10.0. The van der Waals surface area contributed by atoms with Crippen molar-refractivity contribution in [1.29, 1.82) is 0 Å². The number of hydrogen-bond acceptors (Lipinski definition) is 2. The number of likely N-dealkylation sites (tertiary alicyclic amines) is 1. The quantitative estimate of drug-likeness (QED) is 0.932. The van der Waals surface area contributed by atoms with E-state index >= 15 is 0 Å². The fraction of sp³-hybridized carbons (Fsp3) is 0.278. The van der Waals surface area contributed by atoms with Gasteiger partial charge >= 0.3 is 0 Å². The lowest BCUT2D eigenvalue weighted by Crippen LogP contribution is -2.33. The van der Waals surface area contributed by atoms with Crippen molar-refractivity contribution in [2.45, 2.75) is 18.9 Å². The maximum atomic E-state index is 13.2. The summed E-state index contributed by atoms with van der Waals surface area (Å²) in [7, 11) is 0. The van der Waals surface area contributed by atoms with Gasteiger partial charge in [0, 0.05) is 17.8 Å². The van der Waals surface area contributed by atoms with Crippen LogP contribution in [0.5, 0.6) is 0 Å². The Labute approximate surface area is 133 Å². The minimum atomic E-state index is -0.705. The fourth-order valence-electron chi connectivity index (χ4n) is 3.08. The Kier molecular flexibility index (Phi) is 4.67. The van der Waals surface area contributed by atoms with Crippen molar-refractivity contribution in [2.24, 2.45) is 0 Å². The van der Waals surface area contributed by atoms with Gasteiger partial charge in [0.05, 0.1) is 6.54 Å². The van der Waals surface area contributed by atoms with Crippen LogP contribution in [0.15, 0.2) is 48.5 Å². The Hall–Kier alpha value is -2.27. The molecular formula is C18H18F2N2O. The fourth-order valence-corrected chi connectivity index (χ4v) is 3.08. The molecule has 0 radical (unpaired) electrons. The van der Waals surface area contributed by atoms with Gasteiger partial charge in [0.15, 0.2) is 0 Å². The zero-order chi connectivity index (χ0) is 16.2. The van der Waals surface area contributed by atoms with Crippen LogP contribution in [0, 0.1) is 11.6 Å². The predicted molar refractivity (Wildman–Crippen MR) is 85.0 cm³/mol. The Morgan fingerprint density at radius 2 is 1.83 bits per heavy atom. The van der Waals surface area contributed by atoms with Crippen molar-refractivity contribution in [3.8, 4) is 0 Å². The van der Waals surface area contributed by atoms with Gasteiger partial charge < -0.3 is 5.32 Å². The highest BCUT2D eigenvalue weighted by molar-refractivity contribution is 5.92. The minimum Gasteiger partial charge on any atom is -0.325 e. The van der Waals surface area contributed by atoms with Crippen LogP contribution in [0.4, 0.5) is 14.5 Å². The summed E-state index contributed by atoms with van der Waals surface area (Å²) in [4.78, 5) is 14.3. The van der Waals surface area contributed by atoms with Crippen LogP contribution in [0.2, 0.25) is 0 Å². The van der Waals surface area contributed by atoms with Crippen molar-refractivity contribution in [3.05, 3.63) is 65.7 Å². The van der Waals surface area contributed by atoms with Crippen LogP contribution in [0.25, 0.3) is 0 Å². The van der Waals surface area contributed by atoms with Crippen LogP contribution >= 0.6 is 0 Å². The number of rotatable bonds is 4. The molecule has 23 heavy (non-hydrogen) atoms. The highest BCUT2D eigenvalue weighted by Crippen LogP contribution is 2.31. The van der Waals surface area contributed by atoms with Crippen molar-refractivity contribution in [3.63, 3.8) is 0 Å². The molecular weight excluding hydrogens is 298 g/mol. The van der Waals surface area contributed by atoms with E-state index in [0.717, 1.165) is 37.6 Å². The lowest BCUT2D eigenvalue weighted by molar-refractivity contribution is -0.117. The van der Waals surface area contributed by atoms with E-state index in [1.807, 2.05) is 18.2 Å². The summed E-state index contributed by atoms with van der Waals surface area (Å²) in [5.74, 6) is -1.68. The van der Waals surface area contributed by atoms with E-state index in [0.29, 0.717) is 0 Å². The summed E-state index contributed by atoms with van der Waals surface area (Å²) in [5.41, 5.74) is 1.33. The monoisotopic (exact) mass is 316 g/mol.